The van der Waals surface area contributed by atoms with Gasteiger partial charge in [-0.25, -0.2) is 4.79 Å². The zero-order valence-electron chi connectivity index (χ0n) is 13.4. The summed E-state index contributed by atoms with van der Waals surface area (Å²) in [7, 11) is 0. The van der Waals surface area contributed by atoms with Gasteiger partial charge in [0, 0.05) is 22.6 Å². The molecular formula is C19H28O3. The molecule has 0 fully saturated rings. The Balaban J connectivity index is 0.00000441. The maximum Gasteiger partial charge on any atom is 0.328 e. The quantitative estimate of drug-likeness (QED) is 0.615. The fraction of sp³-hybridized carbons (Fsp3) is 0.421. The first-order valence-corrected chi connectivity index (χ1v) is 6.91. The van der Waals surface area contributed by atoms with Crippen LogP contribution in [0.2, 0.25) is 0 Å². The molecule has 2 N–H and O–H groups in total. The number of carbonyl (C=O) groups is 1. The van der Waals surface area contributed by atoms with Gasteiger partial charge < -0.3 is 10.2 Å². The lowest BCUT2D eigenvalue weighted by Crippen LogP contribution is -2.18. The number of allylic oxidation sites excluding steroid dienone is 1. The summed E-state index contributed by atoms with van der Waals surface area (Å²) in [5, 5.41) is 19.4. The first kappa shape index (κ1) is 20.0. The van der Waals surface area contributed by atoms with E-state index in [1.54, 1.807) is 12.2 Å². The van der Waals surface area contributed by atoms with Crippen LogP contribution in [0.1, 0.15) is 58.7 Å². The third kappa shape index (κ3) is 4.48. The van der Waals surface area contributed by atoms with Crippen molar-refractivity contribution in [1.82, 2.24) is 0 Å². The highest BCUT2D eigenvalue weighted by molar-refractivity contribution is 5.85. The Kier molecular flexibility index (Phi) is 6.19. The second kappa shape index (κ2) is 6.82. The van der Waals surface area contributed by atoms with Crippen molar-refractivity contribution < 1.29 is 15.0 Å². The minimum Gasteiger partial charge on any atom is -0.507 e. The average molecular weight is 304 g/mol. The van der Waals surface area contributed by atoms with Crippen LogP contribution in [0, 0.1) is 0 Å². The van der Waals surface area contributed by atoms with Crippen LogP contribution in [0.15, 0.2) is 30.9 Å². The van der Waals surface area contributed by atoms with Crippen LogP contribution in [-0.2, 0) is 15.6 Å². The molecule has 0 saturated heterocycles. The Morgan fingerprint density at radius 3 is 2.05 bits per heavy atom. The monoisotopic (exact) mass is 304 g/mol. The van der Waals surface area contributed by atoms with Gasteiger partial charge in [-0.05, 0) is 29.2 Å². The average Bonchev–Trinajstić information content (AvgIpc) is 2.35. The fourth-order valence-electron chi connectivity index (χ4n) is 2.09. The van der Waals surface area contributed by atoms with E-state index >= 15 is 0 Å². The van der Waals surface area contributed by atoms with Gasteiger partial charge in [0.15, 0.2) is 0 Å². The number of carboxylic acids is 1. The molecule has 1 aromatic rings. The molecule has 0 amide bonds. The number of aliphatic carboxylic acids is 1. The van der Waals surface area contributed by atoms with E-state index in [-0.39, 0.29) is 18.6 Å². The minimum atomic E-state index is -0.995. The highest BCUT2D eigenvalue weighted by Gasteiger charge is 2.27. The molecule has 0 atom stereocenters. The summed E-state index contributed by atoms with van der Waals surface area (Å²) in [6, 6.07) is 3.64. The molecule has 3 heteroatoms. The summed E-state index contributed by atoms with van der Waals surface area (Å²) in [6.07, 6.45) is 4.42. The minimum absolute atomic E-state index is 0. The molecule has 1 aromatic carbocycles. The molecule has 3 nitrogen and oxygen atoms in total. The third-order valence-electron chi connectivity index (χ3n) is 3.56. The molecule has 0 aliphatic heterocycles. The molecule has 0 saturated carbocycles. The first-order chi connectivity index (χ1) is 9.49. The summed E-state index contributed by atoms with van der Waals surface area (Å²) < 4.78 is 0. The lowest BCUT2D eigenvalue weighted by atomic mass is 9.77. The molecular weight excluding hydrogens is 276 g/mol. The molecule has 0 bridgehead atoms. The van der Waals surface area contributed by atoms with Gasteiger partial charge in [0.05, 0.1) is 0 Å². The number of hydrogen-bond acceptors (Lipinski definition) is 2. The van der Waals surface area contributed by atoms with Gasteiger partial charge >= 0.3 is 5.97 Å². The maximum atomic E-state index is 10.7. The SMILES string of the molecule is C.C=CC(C)(C)c1cc(C=CC(=O)O)cc(C(C)(C)C)c1O. The van der Waals surface area contributed by atoms with Crippen molar-refractivity contribution in [3.05, 3.63) is 47.6 Å². The number of carboxylic acid groups (broad SMARTS) is 1. The Hall–Kier alpha value is -2.03. The van der Waals surface area contributed by atoms with Crippen molar-refractivity contribution in [2.24, 2.45) is 0 Å². The predicted molar refractivity (Wildman–Crippen MR) is 93.4 cm³/mol. The molecule has 0 unspecified atom stereocenters. The smallest absolute Gasteiger partial charge is 0.328 e. The Morgan fingerprint density at radius 2 is 1.64 bits per heavy atom. The van der Waals surface area contributed by atoms with E-state index in [9.17, 15) is 9.90 Å². The molecule has 0 aliphatic carbocycles. The van der Waals surface area contributed by atoms with E-state index in [0.717, 1.165) is 22.8 Å². The van der Waals surface area contributed by atoms with Gasteiger partial charge in [0.2, 0.25) is 0 Å². The van der Waals surface area contributed by atoms with Crippen molar-refractivity contribution >= 4 is 12.0 Å². The largest absolute Gasteiger partial charge is 0.507 e. The van der Waals surface area contributed by atoms with Gasteiger partial charge in [0.1, 0.15) is 5.75 Å². The number of phenols is 1. The summed E-state index contributed by atoms with van der Waals surface area (Å²) in [5.41, 5.74) is 1.64. The standard InChI is InChI=1S/C18H24O3.CH4/c1-7-18(5,6)14-11-12(8-9-15(19)20)10-13(16(14)21)17(2,3)4;/h7-11,21H,1H2,2-6H3,(H,19,20);1H4. The lowest BCUT2D eigenvalue weighted by Gasteiger charge is -2.28. The zero-order valence-corrected chi connectivity index (χ0v) is 13.4. The van der Waals surface area contributed by atoms with Gasteiger partial charge in [-0.2, -0.15) is 0 Å². The second-order valence-electron chi connectivity index (χ2n) is 6.81. The highest BCUT2D eigenvalue weighted by Crippen LogP contribution is 2.40. The molecule has 0 aliphatic rings. The van der Waals surface area contributed by atoms with Crippen LogP contribution >= 0.6 is 0 Å². The van der Waals surface area contributed by atoms with Crippen LogP contribution in [-0.4, -0.2) is 16.2 Å². The Morgan fingerprint density at radius 1 is 1.14 bits per heavy atom. The molecule has 1 rings (SSSR count). The van der Waals surface area contributed by atoms with E-state index in [1.807, 2.05) is 46.8 Å². The van der Waals surface area contributed by atoms with Gasteiger partial charge in [-0.15, -0.1) is 6.58 Å². The number of hydrogen-bond donors (Lipinski definition) is 2. The van der Waals surface area contributed by atoms with Gasteiger partial charge in [-0.3, -0.25) is 0 Å². The van der Waals surface area contributed by atoms with Crippen LogP contribution in [0.25, 0.3) is 6.08 Å². The molecule has 0 heterocycles. The number of phenolic OH excluding ortho intramolecular Hbond substituents is 1. The summed E-state index contributed by atoms with van der Waals surface area (Å²) in [6.45, 7) is 13.8. The fourth-order valence-corrected chi connectivity index (χ4v) is 2.09. The van der Waals surface area contributed by atoms with Crippen molar-refractivity contribution in [2.45, 2.75) is 52.9 Å². The predicted octanol–water partition coefficient (Wildman–Crippen LogP) is 4.89. The molecule has 0 aromatic heterocycles. The topological polar surface area (TPSA) is 57.5 Å². The molecule has 0 radical (unpaired) electrons. The van der Waals surface area contributed by atoms with E-state index in [0.29, 0.717) is 0 Å². The molecule has 22 heavy (non-hydrogen) atoms. The first-order valence-electron chi connectivity index (χ1n) is 6.91. The van der Waals surface area contributed by atoms with Gasteiger partial charge in [0.25, 0.3) is 0 Å². The third-order valence-corrected chi connectivity index (χ3v) is 3.56. The zero-order chi connectivity index (χ0) is 16.4. The van der Waals surface area contributed by atoms with E-state index in [1.165, 1.54) is 0 Å². The summed E-state index contributed by atoms with van der Waals surface area (Å²) >= 11 is 0. The van der Waals surface area contributed by atoms with Crippen LogP contribution < -0.4 is 0 Å². The Labute approximate surface area is 134 Å². The number of rotatable bonds is 4. The van der Waals surface area contributed by atoms with E-state index in [2.05, 4.69) is 6.58 Å². The van der Waals surface area contributed by atoms with Crippen molar-refractivity contribution in [3.63, 3.8) is 0 Å². The van der Waals surface area contributed by atoms with Crippen LogP contribution in [0.4, 0.5) is 0 Å². The molecule has 122 valence electrons. The van der Waals surface area contributed by atoms with Crippen LogP contribution in [0.5, 0.6) is 5.75 Å². The van der Waals surface area contributed by atoms with E-state index < -0.39 is 11.4 Å². The van der Waals surface area contributed by atoms with Crippen molar-refractivity contribution in [3.8, 4) is 5.75 Å². The van der Waals surface area contributed by atoms with Gasteiger partial charge in [-0.1, -0.05) is 48.1 Å². The van der Waals surface area contributed by atoms with Crippen LogP contribution in [0.3, 0.4) is 0 Å². The highest BCUT2D eigenvalue weighted by atomic mass is 16.4. The second-order valence-corrected chi connectivity index (χ2v) is 6.81. The van der Waals surface area contributed by atoms with Crippen molar-refractivity contribution in [1.29, 1.82) is 0 Å². The molecule has 0 spiro atoms. The summed E-state index contributed by atoms with van der Waals surface area (Å²) in [5.74, 6) is -0.746. The summed E-state index contributed by atoms with van der Waals surface area (Å²) in [4.78, 5) is 10.7. The normalized spacial score (nSPS) is 12.0. The van der Waals surface area contributed by atoms with Crippen molar-refractivity contribution in [2.75, 3.05) is 0 Å². The lowest BCUT2D eigenvalue weighted by molar-refractivity contribution is -0.131. The number of benzene rings is 1. The van der Waals surface area contributed by atoms with E-state index in [4.69, 9.17) is 5.11 Å². The Bertz CT molecular complexity index is 587. The number of aromatic hydroxyl groups is 1. The maximum absolute atomic E-state index is 10.7.